The molecule has 0 aliphatic carbocycles. The summed E-state index contributed by atoms with van der Waals surface area (Å²) >= 11 is 1.70. The molecule has 106 valence electrons. The Hall–Kier alpha value is 0.946. The normalized spacial score (nSPS) is 9.74. The minimum atomic E-state index is 0. The maximum atomic E-state index is 3.31. The van der Waals surface area contributed by atoms with Crippen molar-refractivity contribution in [3.05, 3.63) is 22.4 Å². The standard InChI is InChI=1S/C16H27S.BrH.Mg/c1-2-3-4-5-6-7-8-9-10-11-12-16-13-14-17-15-16;;/h13-14H,2-12H2,1H3;1H;/q-1;;+2/p-1. The van der Waals surface area contributed by atoms with Gasteiger partial charge in [0.25, 0.3) is 0 Å². The van der Waals surface area contributed by atoms with Crippen LogP contribution in [-0.4, -0.2) is 23.1 Å². The van der Waals surface area contributed by atoms with E-state index in [-0.39, 0.29) is 40.0 Å². The van der Waals surface area contributed by atoms with Crippen molar-refractivity contribution in [3.63, 3.8) is 0 Å². The SMILES string of the molecule is CCCCCCCCCCCCc1[c-]scc1.[Br-].[Mg+2]. The Balaban J connectivity index is 0. The van der Waals surface area contributed by atoms with Gasteiger partial charge in [-0.25, -0.2) is 6.07 Å². The molecule has 1 heterocycles. The molecule has 0 nitrogen and oxygen atoms in total. The summed E-state index contributed by atoms with van der Waals surface area (Å²) in [7, 11) is 0. The van der Waals surface area contributed by atoms with Crippen molar-refractivity contribution in [3.8, 4) is 0 Å². The van der Waals surface area contributed by atoms with Gasteiger partial charge in [0.15, 0.2) is 0 Å². The Morgan fingerprint density at radius 3 is 1.89 bits per heavy atom. The van der Waals surface area contributed by atoms with Crippen molar-refractivity contribution in [2.75, 3.05) is 0 Å². The number of thiophene rings is 1. The van der Waals surface area contributed by atoms with Crippen molar-refractivity contribution in [1.29, 1.82) is 0 Å². The molecule has 0 aromatic carbocycles. The van der Waals surface area contributed by atoms with Crippen LogP contribution in [0.4, 0.5) is 0 Å². The molecule has 0 spiro atoms. The van der Waals surface area contributed by atoms with Gasteiger partial charge in [-0.3, -0.25) is 0 Å². The summed E-state index contributed by atoms with van der Waals surface area (Å²) in [4.78, 5) is 0. The topological polar surface area (TPSA) is 0 Å². The first kappa shape index (κ1) is 22.2. The van der Waals surface area contributed by atoms with Crippen LogP contribution in [0.1, 0.15) is 76.7 Å². The monoisotopic (exact) mass is 354 g/mol. The maximum absolute atomic E-state index is 3.31. The van der Waals surface area contributed by atoms with Crippen LogP contribution in [0.15, 0.2) is 11.4 Å². The Labute approximate surface area is 150 Å². The smallest absolute Gasteiger partial charge is 1.00 e. The number of hydrogen-bond donors (Lipinski definition) is 0. The zero-order chi connectivity index (χ0) is 12.2. The first-order valence-corrected chi connectivity index (χ1v) is 8.25. The summed E-state index contributed by atoms with van der Waals surface area (Å²) in [6.45, 7) is 2.28. The molecule has 0 atom stereocenters. The summed E-state index contributed by atoms with van der Waals surface area (Å²) in [6.07, 6.45) is 15.5. The van der Waals surface area contributed by atoms with Gasteiger partial charge in [-0.15, -0.1) is 5.38 Å². The zero-order valence-corrected chi connectivity index (χ0v) is 16.2. The van der Waals surface area contributed by atoms with Gasteiger partial charge in [0.1, 0.15) is 0 Å². The Morgan fingerprint density at radius 1 is 0.895 bits per heavy atom. The van der Waals surface area contributed by atoms with Gasteiger partial charge in [-0.05, 0) is 0 Å². The van der Waals surface area contributed by atoms with Crippen molar-refractivity contribution >= 4 is 34.4 Å². The van der Waals surface area contributed by atoms with Gasteiger partial charge in [0, 0.05) is 0 Å². The molecule has 0 saturated carbocycles. The van der Waals surface area contributed by atoms with Crippen molar-refractivity contribution in [2.45, 2.75) is 77.6 Å². The van der Waals surface area contributed by atoms with Crippen LogP contribution < -0.4 is 17.0 Å². The zero-order valence-electron chi connectivity index (χ0n) is 12.4. The van der Waals surface area contributed by atoms with Crippen LogP contribution in [0.5, 0.6) is 0 Å². The fourth-order valence-corrected chi connectivity index (χ4v) is 2.82. The number of halogens is 1. The molecule has 0 bridgehead atoms. The summed E-state index contributed by atoms with van der Waals surface area (Å²) in [5.74, 6) is 0. The van der Waals surface area contributed by atoms with E-state index >= 15 is 0 Å². The predicted octanol–water partition coefficient (Wildman–Crippen LogP) is 2.63. The van der Waals surface area contributed by atoms with Gasteiger partial charge >= 0.3 is 23.1 Å². The van der Waals surface area contributed by atoms with Gasteiger partial charge < -0.3 is 28.3 Å². The van der Waals surface area contributed by atoms with Crippen LogP contribution in [0, 0.1) is 5.38 Å². The molecule has 1 rings (SSSR count). The second-order valence-corrected chi connectivity index (χ2v) is 5.69. The van der Waals surface area contributed by atoms with Crippen LogP contribution in [0.2, 0.25) is 0 Å². The fourth-order valence-electron chi connectivity index (χ4n) is 2.20. The number of aryl methyl sites for hydroxylation is 1. The summed E-state index contributed by atoms with van der Waals surface area (Å²) in [5, 5.41) is 5.44. The molecular weight excluding hydrogens is 328 g/mol. The Kier molecular flexibility index (Phi) is 19.9. The van der Waals surface area contributed by atoms with E-state index in [1.807, 2.05) is 0 Å². The molecule has 19 heavy (non-hydrogen) atoms. The van der Waals surface area contributed by atoms with Crippen LogP contribution in [0.25, 0.3) is 0 Å². The predicted molar refractivity (Wildman–Crippen MR) is 84.5 cm³/mol. The number of rotatable bonds is 11. The molecule has 1 aromatic rings. The second-order valence-electron chi connectivity index (χ2n) is 4.98. The minimum Gasteiger partial charge on any atom is -1.00 e. The molecule has 0 radical (unpaired) electrons. The first-order chi connectivity index (χ1) is 8.43. The maximum Gasteiger partial charge on any atom is 2.00 e. The average molecular weight is 356 g/mol. The molecule has 0 N–H and O–H groups in total. The summed E-state index contributed by atoms with van der Waals surface area (Å²) < 4.78 is 0. The summed E-state index contributed by atoms with van der Waals surface area (Å²) in [5.41, 5.74) is 1.41. The molecular formula is C16H27BrMgS. The van der Waals surface area contributed by atoms with E-state index in [1.54, 1.807) is 11.3 Å². The van der Waals surface area contributed by atoms with E-state index in [2.05, 4.69) is 23.8 Å². The van der Waals surface area contributed by atoms with Crippen LogP contribution in [0.3, 0.4) is 0 Å². The van der Waals surface area contributed by atoms with Crippen LogP contribution >= 0.6 is 11.3 Å². The van der Waals surface area contributed by atoms with E-state index < -0.39 is 0 Å². The molecule has 3 heteroatoms. The van der Waals surface area contributed by atoms with E-state index in [0.717, 1.165) is 0 Å². The van der Waals surface area contributed by atoms with E-state index in [0.29, 0.717) is 0 Å². The van der Waals surface area contributed by atoms with Gasteiger partial charge in [0.05, 0.1) is 0 Å². The van der Waals surface area contributed by atoms with Gasteiger partial charge in [0.2, 0.25) is 0 Å². The molecule has 0 amide bonds. The van der Waals surface area contributed by atoms with Crippen molar-refractivity contribution in [2.24, 2.45) is 0 Å². The van der Waals surface area contributed by atoms with E-state index in [4.69, 9.17) is 0 Å². The van der Waals surface area contributed by atoms with Gasteiger partial charge in [-0.2, -0.15) is 10.9 Å². The van der Waals surface area contributed by atoms with Gasteiger partial charge in [-0.1, -0.05) is 77.6 Å². The van der Waals surface area contributed by atoms with E-state index in [9.17, 15) is 0 Å². The minimum absolute atomic E-state index is 0. The third kappa shape index (κ3) is 13.7. The second kappa shape index (κ2) is 17.0. The van der Waals surface area contributed by atoms with Crippen molar-refractivity contribution < 1.29 is 17.0 Å². The molecule has 1 aromatic heterocycles. The third-order valence-electron chi connectivity index (χ3n) is 3.33. The molecule has 0 aliphatic rings. The molecule has 0 fully saturated rings. The first-order valence-electron chi connectivity index (χ1n) is 7.37. The Morgan fingerprint density at radius 2 is 1.42 bits per heavy atom. The molecule has 0 aliphatic heterocycles. The number of unbranched alkanes of at least 4 members (excludes halogenated alkanes) is 9. The fraction of sp³-hybridized carbons (Fsp3) is 0.750. The quantitative estimate of drug-likeness (QED) is 0.325. The molecule has 0 unspecified atom stereocenters. The molecule has 0 saturated heterocycles. The van der Waals surface area contributed by atoms with Crippen LogP contribution in [-0.2, 0) is 6.42 Å². The largest absolute Gasteiger partial charge is 2.00 e. The van der Waals surface area contributed by atoms with Crippen molar-refractivity contribution in [1.82, 2.24) is 0 Å². The average Bonchev–Trinajstić information content (AvgIpc) is 2.85. The van der Waals surface area contributed by atoms with E-state index in [1.165, 1.54) is 76.2 Å². The number of hydrogen-bond acceptors (Lipinski definition) is 1. The Bertz CT molecular complexity index is 249. The third-order valence-corrected chi connectivity index (χ3v) is 3.98. The summed E-state index contributed by atoms with van der Waals surface area (Å²) in [6, 6.07) is 2.21.